The molecule has 0 bridgehead atoms. The van der Waals surface area contributed by atoms with Crippen LogP contribution in [-0.4, -0.2) is 113 Å². The summed E-state index contributed by atoms with van der Waals surface area (Å²) in [6.07, 6.45) is -0.979. The molecule has 0 saturated carbocycles. The fraction of sp³-hybridized carbons (Fsp3) is 0.633. The maximum absolute atomic E-state index is 13.0. The number of amides is 3. The first-order valence-electron chi connectivity index (χ1n) is 15.3. The van der Waals surface area contributed by atoms with Gasteiger partial charge in [-0.05, 0) is 38.8 Å². The van der Waals surface area contributed by atoms with Gasteiger partial charge in [0.1, 0.15) is 48.9 Å². The Bertz CT molecular complexity index is 1250. The normalized spacial score (nSPS) is 21.2. The van der Waals surface area contributed by atoms with Gasteiger partial charge >= 0.3 is 0 Å². The average Bonchev–Trinajstić information content (AvgIpc) is 3.50. The SMILES string of the molecule is COc1cccc(-c2cn(CC3OC(OCCCCCCNC(=O)CC(=O)NCOC(C)C)C(NC(=O)CF)C(O)C3O)nn2)c1. The summed E-state index contributed by atoms with van der Waals surface area (Å²) >= 11 is 0. The van der Waals surface area contributed by atoms with Crippen LogP contribution in [0.2, 0.25) is 0 Å². The molecule has 15 nitrogen and oxygen atoms in total. The van der Waals surface area contributed by atoms with Crippen LogP contribution in [0.1, 0.15) is 46.0 Å². The summed E-state index contributed by atoms with van der Waals surface area (Å²) in [7, 11) is 1.56. The molecule has 256 valence electrons. The number of aliphatic hydroxyl groups is 2. The van der Waals surface area contributed by atoms with Crippen LogP contribution >= 0.6 is 0 Å². The van der Waals surface area contributed by atoms with Gasteiger partial charge in [0.25, 0.3) is 5.91 Å². The first kappa shape index (κ1) is 36.8. The van der Waals surface area contributed by atoms with Gasteiger partial charge < -0.3 is 45.1 Å². The number of rotatable bonds is 19. The Morgan fingerprint density at radius 2 is 1.83 bits per heavy atom. The predicted octanol–water partition coefficient (Wildman–Crippen LogP) is 0.437. The number of carbonyl (C=O) groups excluding carboxylic acids is 3. The lowest BCUT2D eigenvalue weighted by atomic mass is 9.96. The molecule has 5 atom stereocenters. The first-order chi connectivity index (χ1) is 22.1. The third-order valence-electron chi connectivity index (χ3n) is 7.10. The molecule has 0 radical (unpaired) electrons. The summed E-state index contributed by atoms with van der Waals surface area (Å²) in [5, 5.41) is 37.4. The molecule has 0 aliphatic carbocycles. The van der Waals surface area contributed by atoms with Gasteiger partial charge in [-0.15, -0.1) is 5.10 Å². The third-order valence-corrected chi connectivity index (χ3v) is 7.10. The Hall–Kier alpha value is -3.70. The van der Waals surface area contributed by atoms with Crippen molar-refractivity contribution in [3.63, 3.8) is 0 Å². The highest BCUT2D eigenvalue weighted by atomic mass is 19.1. The molecule has 2 heterocycles. The predicted molar refractivity (Wildman–Crippen MR) is 162 cm³/mol. The van der Waals surface area contributed by atoms with Gasteiger partial charge in [0.05, 0.1) is 26.0 Å². The number of ether oxygens (including phenoxy) is 4. The van der Waals surface area contributed by atoms with Gasteiger partial charge in [-0.25, -0.2) is 9.07 Å². The molecule has 1 aliphatic rings. The van der Waals surface area contributed by atoms with Gasteiger partial charge in [0.2, 0.25) is 11.8 Å². The minimum Gasteiger partial charge on any atom is -0.497 e. The second-order valence-electron chi connectivity index (χ2n) is 11.1. The summed E-state index contributed by atoms with van der Waals surface area (Å²) in [4.78, 5) is 35.5. The van der Waals surface area contributed by atoms with E-state index in [0.29, 0.717) is 30.8 Å². The molecule has 16 heteroatoms. The molecule has 5 N–H and O–H groups in total. The van der Waals surface area contributed by atoms with Crippen LogP contribution in [0.4, 0.5) is 4.39 Å². The number of carbonyl (C=O) groups is 3. The number of hydrogen-bond donors (Lipinski definition) is 5. The monoisotopic (exact) mass is 652 g/mol. The van der Waals surface area contributed by atoms with E-state index in [1.54, 1.807) is 25.4 Å². The van der Waals surface area contributed by atoms with Crippen LogP contribution in [0.3, 0.4) is 0 Å². The van der Waals surface area contributed by atoms with E-state index in [4.69, 9.17) is 18.9 Å². The van der Waals surface area contributed by atoms with Crippen LogP contribution in [0.25, 0.3) is 11.3 Å². The number of benzene rings is 1. The molecule has 1 aromatic carbocycles. The lowest BCUT2D eigenvalue weighted by Crippen LogP contribution is -2.65. The Kier molecular flexibility index (Phi) is 15.2. The highest BCUT2D eigenvalue weighted by Gasteiger charge is 2.46. The van der Waals surface area contributed by atoms with Crippen LogP contribution in [-0.2, 0) is 35.1 Å². The van der Waals surface area contributed by atoms with Gasteiger partial charge in [0.15, 0.2) is 13.0 Å². The molecule has 2 aromatic rings. The van der Waals surface area contributed by atoms with Crippen molar-refractivity contribution in [2.24, 2.45) is 0 Å². The number of methoxy groups -OCH3 is 1. The molecule has 1 fully saturated rings. The van der Waals surface area contributed by atoms with E-state index >= 15 is 0 Å². The van der Waals surface area contributed by atoms with Crippen molar-refractivity contribution in [2.45, 2.75) is 89.2 Å². The first-order valence-corrected chi connectivity index (χ1v) is 15.3. The van der Waals surface area contributed by atoms with Crippen LogP contribution in [0.15, 0.2) is 30.5 Å². The van der Waals surface area contributed by atoms with E-state index in [0.717, 1.165) is 18.4 Å². The van der Waals surface area contributed by atoms with Crippen LogP contribution in [0, 0.1) is 0 Å². The van der Waals surface area contributed by atoms with Crippen molar-refractivity contribution in [3.05, 3.63) is 30.5 Å². The van der Waals surface area contributed by atoms with Crippen LogP contribution < -0.4 is 20.7 Å². The molecule has 5 unspecified atom stereocenters. The number of unbranched alkanes of at least 4 members (excludes halogenated alkanes) is 3. The maximum Gasteiger partial charge on any atom is 0.251 e. The topological polar surface area (TPSA) is 195 Å². The maximum atomic E-state index is 13.0. The van der Waals surface area contributed by atoms with Gasteiger partial charge in [-0.3, -0.25) is 14.4 Å². The number of aromatic nitrogens is 3. The number of alkyl halides is 1. The molecule has 1 aromatic heterocycles. The largest absolute Gasteiger partial charge is 0.497 e. The smallest absolute Gasteiger partial charge is 0.251 e. The van der Waals surface area contributed by atoms with Crippen molar-refractivity contribution in [1.82, 2.24) is 30.9 Å². The lowest BCUT2D eigenvalue weighted by molar-refractivity contribution is -0.267. The second-order valence-corrected chi connectivity index (χ2v) is 11.1. The third kappa shape index (κ3) is 11.9. The molecule has 3 amide bonds. The van der Waals surface area contributed by atoms with Crippen molar-refractivity contribution in [3.8, 4) is 17.0 Å². The Balaban J connectivity index is 1.45. The molecular weight excluding hydrogens is 607 g/mol. The lowest BCUT2D eigenvalue weighted by Gasteiger charge is -2.42. The highest BCUT2D eigenvalue weighted by Crippen LogP contribution is 2.25. The van der Waals surface area contributed by atoms with E-state index in [-0.39, 0.29) is 38.3 Å². The molecule has 1 saturated heterocycles. The number of aliphatic hydroxyl groups excluding tert-OH is 2. The van der Waals surface area contributed by atoms with E-state index in [1.807, 2.05) is 26.0 Å². The van der Waals surface area contributed by atoms with E-state index in [1.165, 1.54) is 4.68 Å². The van der Waals surface area contributed by atoms with Gasteiger partial charge in [-0.1, -0.05) is 30.2 Å². The summed E-state index contributed by atoms with van der Waals surface area (Å²) in [6.45, 7) is 3.03. The number of halogens is 1. The highest BCUT2D eigenvalue weighted by molar-refractivity contribution is 5.96. The van der Waals surface area contributed by atoms with Crippen molar-refractivity contribution >= 4 is 17.7 Å². The zero-order chi connectivity index (χ0) is 33.5. The van der Waals surface area contributed by atoms with E-state index in [2.05, 4.69) is 26.3 Å². The fourth-order valence-corrected chi connectivity index (χ4v) is 4.66. The Labute approximate surface area is 267 Å². The van der Waals surface area contributed by atoms with Crippen molar-refractivity contribution in [1.29, 1.82) is 0 Å². The number of nitrogens with zero attached hydrogens (tertiary/aromatic N) is 3. The Morgan fingerprint density at radius 3 is 2.57 bits per heavy atom. The standard InChI is InChI=1S/C30H45FN6O9/c1-19(2)45-18-33-25(39)14-24(38)32-11-6-4-5-7-12-44-30-27(34-26(40)15-31)29(42)28(41)23(46-30)17-37-16-22(35-36-37)20-9-8-10-21(13-20)43-3/h8-10,13,16,19,23,27-30,41-42H,4-7,11-12,14-15,17-18H2,1-3H3,(H,32,38)(H,33,39)(H,34,40). The Morgan fingerprint density at radius 1 is 1.07 bits per heavy atom. The molecule has 46 heavy (non-hydrogen) atoms. The molecule has 3 rings (SSSR count). The number of hydrogen-bond acceptors (Lipinski definition) is 11. The van der Waals surface area contributed by atoms with Gasteiger partial charge in [-0.2, -0.15) is 0 Å². The summed E-state index contributed by atoms with van der Waals surface area (Å²) in [5.74, 6) is -1.12. The number of nitrogens with one attached hydrogen (secondary N) is 3. The minimum absolute atomic E-state index is 0.0118. The summed E-state index contributed by atoms with van der Waals surface area (Å²) in [6, 6.07) is 6.06. The molecule has 1 aliphatic heterocycles. The second kappa shape index (κ2) is 19.1. The van der Waals surface area contributed by atoms with Crippen molar-refractivity contribution in [2.75, 3.05) is 33.7 Å². The van der Waals surface area contributed by atoms with Gasteiger partial charge in [0, 0.05) is 18.7 Å². The zero-order valence-electron chi connectivity index (χ0n) is 26.4. The minimum atomic E-state index is -1.51. The quantitative estimate of drug-likeness (QED) is 0.0803. The van der Waals surface area contributed by atoms with Crippen molar-refractivity contribution < 1.29 is 47.9 Å². The summed E-state index contributed by atoms with van der Waals surface area (Å²) < 4.78 is 36.7. The van der Waals surface area contributed by atoms with Crippen LogP contribution in [0.5, 0.6) is 5.75 Å². The summed E-state index contributed by atoms with van der Waals surface area (Å²) in [5.41, 5.74) is 1.33. The molecular formula is C30H45FN6O9. The van der Waals surface area contributed by atoms with E-state index in [9.17, 15) is 29.0 Å². The average molecular weight is 653 g/mol. The fourth-order valence-electron chi connectivity index (χ4n) is 4.66. The molecule has 0 spiro atoms. The van der Waals surface area contributed by atoms with E-state index < -0.39 is 49.1 Å². The zero-order valence-corrected chi connectivity index (χ0v) is 26.4.